The third kappa shape index (κ3) is 4.04. The smallest absolute Gasteiger partial charge is 0.383 e. The van der Waals surface area contributed by atoms with Crippen LogP contribution in [-0.2, 0) is 17.4 Å². The van der Waals surface area contributed by atoms with Crippen molar-refractivity contribution in [2.24, 2.45) is 18.0 Å². The summed E-state index contributed by atoms with van der Waals surface area (Å²) in [7, 11) is 1.57. The van der Waals surface area contributed by atoms with Gasteiger partial charge in [-0.15, -0.1) is 0 Å². The van der Waals surface area contributed by atoms with Crippen molar-refractivity contribution in [2.75, 3.05) is 22.9 Å². The Morgan fingerprint density at radius 2 is 1.94 bits per heavy atom. The fraction of sp³-hybridized carbons (Fsp3) is 0.571. The Bertz CT molecular complexity index is 1250. The maximum Gasteiger partial charge on any atom is 0.453 e. The highest BCUT2D eigenvalue weighted by Gasteiger charge is 2.57. The lowest BCUT2D eigenvalue weighted by molar-refractivity contribution is -0.283. The van der Waals surface area contributed by atoms with E-state index >= 15 is 0 Å². The molecule has 15 heteroatoms. The van der Waals surface area contributed by atoms with Crippen molar-refractivity contribution in [3.05, 3.63) is 23.1 Å². The number of carbonyl (C=O) groups is 1. The van der Waals surface area contributed by atoms with Gasteiger partial charge in [0.1, 0.15) is 34.9 Å². The minimum atomic E-state index is -5.67. The second kappa shape index (κ2) is 8.08. The first-order valence-electron chi connectivity index (χ1n) is 11.3. The summed E-state index contributed by atoms with van der Waals surface area (Å²) in [6.07, 6.45) is -4.22. The van der Waals surface area contributed by atoms with Crippen LogP contribution in [0.4, 0.5) is 39.4 Å². The Balaban J connectivity index is 1.48. The highest BCUT2D eigenvalue weighted by molar-refractivity contribution is 6.06. The number of nitrogens with zero attached hydrogens (tertiary/aromatic N) is 5. The van der Waals surface area contributed by atoms with Gasteiger partial charge in [-0.2, -0.15) is 27.1 Å². The average Bonchev–Trinajstić information content (AvgIpc) is 3.50. The Morgan fingerprint density at radius 1 is 1.22 bits per heavy atom. The van der Waals surface area contributed by atoms with Crippen LogP contribution in [0.1, 0.15) is 55.6 Å². The summed E-state index contributed by atoms with van der Waals surface area (Å²) in [6, 6.07) is -0.986. The summed E-state index contributed by atoms with van der Waals surface area (Å²) in [5, 5.41) is 12.9. The van der Waals surface area contributed by atoms with Crippen LogP contribution in [0.5, 0.6) is 0 Å². The number of rotatable bonds is 7. The van der Waals surface area contributed by atoms with Gasteiger partial charge in [0, 0.05) is 25.5 Å². The Labute approximate surface area is 202 Å². The summed E-state index contributed by atoms with van der Waals surface area (Å²) in [6.45, 7) is 2.32. The first-order chi connectivity index (χ1) is 16.8. The normalized spacial score (nSPS) is 23.6. The van der Waals surface area contributed by atoms with Crippen molar-refractivity contribution in [1.29, 1.82) is 0 Å². The van der Waals surface area contributed by atoms with Gasteiger partial charge in [0.2, 0.25) is 5.91 Å². The summed E-state index contributed by atoms with van der Waals surface area (Å²) in [5.74, 6) is -4.21. The molecule has 36 heavy (non-hydrogen) atoms. The van der Waals surface area contributed by atoms with E-state index < -0.39 is 36.5 Å². The molecule has 2 aromatic rings. The maximum atomic E-state index is 13.5. The number of aryl methyl sites for hydroxylation is 1. The predicted molar refractivity (Wildman–Crippen MR) is 119 cm³/mol. The summed E-state index contributed by atoms with van der Waals surface area (Å²) in [4.78, 5) is 26.0. The molecule has 0 saturated heterocycles. The monoisotopic (exact) mass is 513 g/mol. The molecule has 5 rings (SSSR count). The molecule has 0 spiro atoms. The van der Waals surface area contributed by atoms with Crippen LogP contribution in [-0.4, -0.2) is 50.1 Å². The second-order valence-corrected chi connectivity index (χ2v) is 9.47. The van der Waals surface area contributed by atoms with Crippen LogP contribution in [0.2, 0.25) is 0 Å². The van der Waals surface area contributed by atoms with Crippen LogP contribution in [0, 0.1) is 5.92 Å². The predicted octanol–water partition coefficient (Wildman–Crippen LogP) is 2.85. The molecule has 3 aliphatic rings. The second-order valence-electron chi connectivity index (χ2n) is 9.47. The van der Waals surface area contributed by atoms with Gasteiger partial charge in [0.25, 0.3) is 0 Å². The zero-order chi connectivity index (χ0) is 26.0. The molecule has 1 fully saturated rings. The molecule has 5 N–H and O–H groups in total. The van der Waals surface area contributed by atoms with Gasteiger partial charge in [0.15, 0.2) is 5.82 Å². The molecule has 2 aromatic heterocycles. The Morgan fingerprint density at radius 3 is 2.61 bits per heavy atom. The highest BCUT2D eigenvalue weighted by atomic mass is 19.4. The van der Waals surface area contributed by atoms with Crippen molar-refractivity contribution in [3.8, 4) is 0 Å². The van der Waals surface area contributed by atoms with E-state index in [9.17, 15) is 26.7 Å². The van der Waals surface area contributed by atoms with Crippen LogP contribution >= 0.6 is 0 Å². The molecule has 0 bridgehead atoms. The van der Waals surface area contributed by atoms with Gasteiger partial charge in [0.05, 0.1) is 11.8 Å². The summed E-state index contributed by atoms with van der Waals surface area (Å²) < 4.78 is 66.4. The number of aromatic nitrogens is 4. The number of fused-ring (bicyclic) bond motifs is 2. The highest BCUT2D eigenvalue weighted by Crippen LogP contribution is 2.43. The molecule has 1 amide bonds. The maximum absolute atomic E-state index is 13.5. The van der Waals surface area contributed by atoms with Crippen molar-refractivity contribution in [3.63, 3.8) is 0 Å². The number of anilines is 3. The van der Waals surface area contributed by atoms with Crippen molar-refractivity contribution >= 4 is 29.2 Å². The molecule has 2 aliphatic heterocycles. The third-order valence-corrected chi connectivity index (χ3v) is 6.73. The molecular formula is C21H24F5N9O. The number of aliphatic imine (C=N–C) groups is 1. The molecule has 194 valence electrons. The Kier molecular flexibility index (Phi) is 5.46. The lowest BCUT2D eigenvalue weighted by Crippen LogP contribution is -2.46. The van der Waals surface area contributed by atoms with E-state index in [1.807, 2.05) is 0 Å². The van der Waals surface area contributed by atoms with Gasteiger partial charge in [-0.1, -0.05) is 0 Å². The summed E-state index contributed by atoms with van der Waals surface area (Å²) in [5.41, 5.74) is 6.01. The van der Waals surface area contributed by atoms with E-state index in [1.54, 1.807) is 14.0 Å². The number of carbonyl (C=O) groups excluding carboxylic acids is 1. The van der Waals surface area contributed by atoms with Gasteiger partial charge in [-0.3, -0.25) is 19.8 Å². The molecular weight excluding hydrogens is 489 g/mol. The lowest BCUT2D eigenvalue weighted by atomic mass is 9.94. The number of amides is 1. The quantitative estimate of drug-likeness (QED) is 0.418. The molecule has 1 aliphatic carbocycles. The van der Waals surface area contributed by atoms with Gasteiger partial charge in [-0.05, 0) is 32.2 Å². The fourth-order valence-electron chi connectivity index (χ4n) is 4.33. The topological polar surface area (TPSA) is 135 Å². The van der Waals surface area contributed by atoms with Crippen LogP contribution in [0.3, 0.4) is 0 Å². The van der Waals surface area contributed by atoms with E-state index in [0.29, 0.717) is 29.4 Å². The van der Waals surface area contributed by atoms with Gasteiger partial charge < -0.3 is 16.4 Å². The molecule has 4 heterocycles. The number of hydrogen-bond donors (Lipinski definition) is 4. The number of nitrogens with one attached hydrogen (secondary N) is 3. The van der Waals surface area contributed by atoms with Gasteiger partial charge >= 0.3 is 12.1 Å². The molecule has 2 atom stereocenters. The fourth-order valence-corrected chi connectivity index (χ4v) is 4.33. The SMILES string of the molecule is Cn1ncc2c1NC(CCC(F)(F)C(F)(F)F)=NC2c1nc(N)c2c(n1)NC(=O)C2(C)NCC1CC1. The zero-order valence-corrected chi connectivity index (χ0v) is 19.4. The van der Waals surface area contributed by atoms with E-state index in [1.165, 1.54) is 10.9 Å². The van der Waals surface area contributed by atoms with Crippen molar-refractivity contribution in [1.82, 2.24) is 25.1 Å². The average molecular weight is 513 g/mol. The number of amidine groups is 1. The first kappa shape index (κ1) is 24.3. The molecule has 1 saturated carbocycles. The van der Waals surface area contributed by atoms with E-state index in [4.69, 9.17) is 5.73 Å². The van der Waals surface area contributed by atoms with Crippen LogP contribution < -0.4 is 21.7 Å². The number of halogens is 5. The van der Waals surface area contributed by atoms with E-state index in [2.05, 4.69) is 36.0 Å². The van der Waals surface area contributed by atoms with E-state index in [-0.39, 0.29) is 29.2 Å². The minimum Gasteiger partial charge on any atom is -0.383 e. The molecule has 0 radical (unpaired) electrons. The number of hydrogen-bond acceptors (Lipinski definition) is 8. The molecule has 10 nitrogen and oxygen atoms in total. The molecule has 0 aromatic carbocycles. The van der Waals surface area contributed by atoms with Crippen molar-refractivity contribution < 1.29 is 26.7 Å². The largest absolute Gasteiger partial charge is 0.453 e. The van der Waals surface area contributed by atoms with Crippen LogP contribution in [0.25, 0.3) is 0 Å². The van der Waals surface area contributed by atoms with E-state index in [0.717, 1.165) is 12.8 Å². The zero-order valence-electron chi connectivity index (χ0n) is 19.4. The summed E-state index contributed by atoms with van der Waals surface area (Å²) >= 11 is 0. The Hall–Kier alpha value is -3.36. The van der Waals surface area contributed by atoms with Crippen LogP contribution in [0.15, 0.2) is 11.2 Å². The van der Waals surface area contributed by atoms with Gasteiger partial charge in [-0.25, -0.2) is 9.97 Å². The number of nitrogen functional groups attached to an aromatic ring is 1. The third-order valence-electron chi connectivity index (χ3n) is 6.73. The molecule has 2 unspecified atom stereocenters. The van der Waals surface area contributed by atoms with Crippen molar-refractivity contribution in [2.45, 2.75) is 56.3 Å². The standard InChI is InChI=1S/C21H24F5N9O/c1-19(28-7-9-3-4-9)12-14(27)32-16(33-15(12)34-18(19)36)13-10-8-29-35(2)17(10)31-11(30-13)5-6-20(22,23)21(24,25)26/h8-9,13,28H,3-7H2,1-2H3,(H,30,31)(H3,27,32,33,34,36). The number of nitrogens with two attached hydrogens (primary N) is 1. The lowest BCUT2D eigenvalue weighted by Gasteiger charge is -2.26. The number of alkyl halides is 5. The first-order valence-corrected chi connectivity index (χ1v) is 11.3. The minimum absolute atomic E-state index is 0.0310.